The summed E-state index contributed by atoms with van der Waals surface area (Å²) in [4.78, 5) is 26.5. The number of aromatic hydroxyl groups is 2. The number of phenols is 1. The number of hydrogen-bond acceptors (Lipinski definition) is 6. The van der Waals surface area contributed by atoms with Crippen molar-refractivity contribution >= 4 is 33.6 Å². The Morgan fingerprint density at radius 3 is 2.21 bits per heavy atom. The number of phenolic OH excluding ortho intramolecular Hbond substituents is 1. The summed E-state index contributed by atoms with van der Waals surface area (Å²) in [7, 11) is 0. The Kier molecular flexibility index (Phi) is 5.33. The standard InChI is InChI=1S/C25H15F2NO5S/c26-14-3-1-13(2-4-14)12-28-19-11-16(29)7-10-18(19)22-20(24(28)31)21(30)23(25(32)33-22)34-17-8-5-15(27)6-9-17/h1-11,29-30H,12H2. The lowest BCUT2D eigenvalue weighted by atomic mass is 10.1. The van der Waals surface area contributed by atoms with Crippen molar-refractivity contribution in [2.24, 2.45) is 0 Å². The first kappa shape index (κ1) is 21.7. The number of rotatable bonds is 4. The fraction of sp³-hybridized carbons (Fsp3) is 0.0400. The van der Waals surface area contributed by atoms with Crippen LogP contribution in [0.1, 0.15) is 5.56 Å². The molecule has 0 atom stereocenters. The molecule has 0 saturated heterocycles. The van der Waals surface area contributed by atoms with E-state index in [4.69, 9.17) is 4.42 Å². The van der Waals surface area contributed by atoms with Gasteiger partial charge in [-0.15, -0.1) is 0 Å². The first-order valence-corrected chi connectivity index (χ1v) is 10.9. The average Bonchev–Trinajstić information content (AvgIpc) is 2.81. The number of halogens is 2. The summed E-state index contributed by atoms with van der Waals surface area (Å²) in [5.41, 5.74) is -0.793. The summed E-state index contributed by atoms with van der Waals surface area (Å²) in [6.07, 6.45) is 0. The first-order valence-electron chi connectivity index (χ1n) is 10.0. The molecule has 0 saturated carbocycles. The quantitative estimate of drug-likeness (QED) is 0.353. The van der Waals surface area contributed by atoms with Crippen molar-refractivity contribution in [3.63, 3.8) is 0 Å². The Bertz CT molecular complexity index is 1680. The molecule has 34 heavy (non-hydrogen) atoms. The van der Waals surface area contributed by atoms with Gasteiger partial charge in [-0.1, -0.05) is 23.9 Å². The monoisotopic (exact) mass is 479 g/mol. The molecule has 0 aliphatic heterocycles. The van der Waals surface area contributed by atoms with Crippen molar-refractivity contribution in [1.82, 2.24) is 4.57 Å². The Balaban J connectivity index is 1.78. The summed E-state index contributed by atoms with van der Waals surface area (Å²) < 4.78 is 33.4. The molecule has 9 heteroatoms. The molecule has 0 aliphatic rings. The zero-order chi connectivity index (χ0) is 24.0. The number of hydrogen-bond donors (Lipinski definition) is 2. The molecule has 0 spiro atoms. The lowest BCUT2D eigenvalue weighted by molar-refractivity contribution is 0.446. The van der Waals surface area contributed by atoms with Crippen molar-refractivity contribution in [1.29, 1.82) is 0 Å². The van der Waals surface area contributed by atoms with Crippen molar-refractivity contribution < 1.29 is 23.4 Å². The number of benzene rings is 3. The van der Waals surface area contributed by atoms with Crippen LogP contribution in [0.15, 0.2) is 90.5 Å². The minimum absolute atomic E-state index is 0.00795. The van der Waals surface area contributed by atoms with Gasteiger partial charge in [-0.3, -0.25) is 4.79 Å². The van der Waals surface area contributed by atoms with Crippen LogP contribution in [0, 0.1) is 11.6 Å². The third-order valence-electron chi connectivity index (χ3n) is 5.32. The maximum atomic E-state index is 13.5. The summed E-state index contributed by atoms with van der Waals surface area (Å²) in [5.74, 6) is -1.57. The fourth-order valence-corrected chi connectivity index (χ4v) is 4.55. The van der Waals surface area contributed by atoms with Gasteiger partial charge in [0.05, 0.1) is 12.1 Å². The Morgan fingerprint density at radius 2 is 1.53 bits per heavy atom. The van der Waals surface area contributed by atoms with Gasteiger partial charge in [0, 0.05) is 16.3 Å². The van der Waals surface area contributed by atoms with E-state index in [9.17, 15) is 28.6 Å². The Hall–Kier alpha value is -4.11. The lowest BCUT2D eigenvalue weighted by Crippen LogP contribution is -2.22. The van der Waals surface area contributed by atoms with E-state index >= 15 is 0 Å². The number of nitrogens with zero attached hydrogens (tertiary/aromatic N) is 1. The highest BCUT2D eigenvalue weighted by Crippen LogP contribution is 2.37. The molecule has 2 N–H and O–H groups in total. The molecule has 6 nitrogen and oxygen atoms in total. The minimum Gasteiger partial charge on any atom is -0.508 e. The van der Waals surface area contributed by atoms with E-state index in [2.05, 4.69) is 0 Å². The van der Waals surface area contributed by atoms with Gasteiger partial charge >= 0.3 is 5.63 Å². The van der Waals surface area contributed by atoms with Crippen molar-refractivity contribution in [2.45, 2.75) is 16.3 Å². The molecular formula is C25H15F2NO5S. The van der Waals surface area contributed by atoms with Crippen molar-refractivity contribution in [2.75, 3.05) is 0 Å². The summed E-state index contributed by atoms with van der Waals surface area (Å²) >= 11 is 0.840. The second-order valence-electron chi connectivity index (χ2n) is 7.55. The van der Waals surface area contributed by atoms with E-state index in [1.54, 1.807) is 0 Å². The Morgan fingerprint density at radius 1 is 0.882 bits per heavy atom. The number of aromatic nitrogens is 1. The zero-order valence-electron chi connectivity index (χ0n) is 17.3. The number of pyridine rings is 1. The summed E-state index contributed by atoms with van der Waals surface area (Å²) in [6.45, 7) is 0.00795. The largest absolute Gasteiger partial charge is 0.508 e. The van der Waals surface area contributed by atoms with Crippen molar-refractivity contribution in [3.8, 4) is 11.5 Å². The third-order valence-corrected chi connectivity index (χ3v) is 6.39. The van der Waals surface area contributed by atoms with Crippen LogP contribution in [-0.4, -0.2) is 14.8 Å². The summed E-state index contributed by atoms with van der Waals surface area (Å²) in [6, 6.07) is 15.0. The van der Waals surface area contributed by atoms with E-state index in [1.807, 2.05) is 0 Å². The average molecular weight is 479 g/mol. The van der Waals surface area contributed by atoms with E-state index in [0.29, 0.717) is 15.8 Å². The van der Waals surface area contributed by atoms with E-state index in [0.717, 1.165) is 11.8 Å². The molecule has 5 aromatic rings. The van der Waals surface area contributed by atoms with Crippen LogP contribution in [0.5, 0.6) is 11.5 Å². The lowest BCUT2D eigenvalue weighted by Gasteiger charge is -2.14. The van der Waals surface area contributed by atoms with E-state index in [1.165, 1.54) is 71.3 Å². The normalized spacial score (nSPS) is 11.4. The highest BCUT2D eigenvalue weighted by Gasteiger charge is 2.22. The highest BCUT2D eigenvalue weighted by atomic mass is 32.2. The van der Waals surface area contributed by atoms with Gasteiger partial charge in [0.2, 0.25) is 0 Å². The van der Waals surface area contributed by atoms with Crippen LogP contribution in [0.2, 0.25) is 0 Å². The van der Waals surface area contributed by atoms with Crippen LogP contribution in [0.3, 0.4) is 0 Å². The maximum absolute atomic E-state index is 13.5. The molecule has 0 aliphatic carbocycles. The van der Waals surface area contributed by atoms with Crippen LogP contribution < -0.4 is 11.2 Å². The topological polar surface area (TPSA) is 92.7 Å². The molecule has 2 aromatic heterocycles. The van der Waals surface area contributed by atoms with Gasteiger partial charge in [0.25, 0.3) is 5.56 Å². The molecular weight excluding hydrogens is 464 g/mol. The first-order chi connectivity index (χ1) is 16.3. The molecule has 0 fully saturated rings. The molecule has 3 aromatic carbocycles. The predicted molar refractivity (Wildman–Crippen MR) is 124 cm³/mol. The van der Waals surface area contributed by atoms with Crippen LogP contribution >= 0.6 is 11.8 Å². The maximum Gasteiger partial charge on any atom is 0.354 e. The minimum atomic E-state index is -0.871. The molecule has 5 rings (SSSR count). The second kappa shape index (κ2) is 8.35. The second-order valence-corrected chi connectivity index (χ2v) is 8.63. The fourth-order valence-electron chi connectivity index (χ4n) is 3.72. The molecule has 170 valence electrons. The SMILES string of the molecule is O=c1oc2c(c(O)c1Sc1ccc(F)cc1)c(=O)n(Cc1ccc(F)cc1)c1cc(O)ccc21. The third kappa shape index (κ3) is 3.80. The molecule has 2 heterocycles. The smallest absolute Gasteiger partial charge is 0.354 e. The molecule has 0 radical (unpaired) electrons. The summed E-state index contributed by atoms with van der Waals surface area (Å²) in [5, 5.41) is 21.1. The van der Waals surface area contributed by atoms with Gasteiger partial charge in [0.1, 0.15) is 27.7 Å². The van der Waals surface area contributed by atoms with Crippen LogP contribution in [-0.2, 0) is 6.54 Å². The van der Waals surface area contributed by atoms with Gasteiger partial charge in [-0.05, 0) is 54.1 Å². The van der Waals surface area contributed by atoms with Gasteiger partial charge in [0.15, 0.2) is 11.3 Å². The van der Waals surface area contributed by atoms with Gasteiger partial charge < -0.3 is 19.2 Å². The molecule has 0 unspecified atom stereocenters. The predicted octanol–water partition coefficient (Wildman–Crippen LogP) is 5.00. The number of fused-ring (bicyclic) bond motifs is 3. The zero-order valence-corrected chi connectivity index (χ0v) is 18.1. The van der Waals surface area contributed by atoms with E-state index < -0.39 is 28.6 Å². The van der Waals surface area contributed by atoms with Crippen molar-refractivity contribution in [3.05, 3.63) is 105 Å². The van der Waals surface area contributed by atoms with Gasteiger partial charge in [-0.25, -0.2) is 13.6 Å². The van der Waals surface area contributed by atoms with Crippen LogP contribution in [0.25, 0.3) is 21.9 Å². The molecule has 0 amide bonds. The highest BCUT2D eigenvalue weighted by molar-refractivity contribution is 7.99. The van der Waals surface area contributed by atoms with Crippen LogP contribution in [0.4, 0.5) is 8.78 Å². The Labute approximate surface area is 194 Å². The molecule has 0 bridgehead atoms. The van der Waals surface area contributed by atoms with E-state index in [-0.39, 0.29) is 33.7 Å². The van der Waals surface area contributed by atoms with Gasteiger partial charge in [-0.2, -0.15) is 0 Å².